The number of rotatable bonds is 3. The van der Waals surface area contributed by atoms with Crippen LogP contribution in [0.1, 0.15) is 5.56 Å². The molecule has 0 aliphatic carbocycles. The molecule has 2 aromatic rings. The molecule has 0 fully saturated rings. The molecule has 2 aromatic carbocycles. The summed E-state index contributed by atoms with van der Waals surface area (Å²) in [6.45, 7) is 0.216. The highest BCUT2D eigenvalue weighted by Crippen LogP contribution is 2.26. The number of benzene rings is 2. The van der Waals surface area contributed by atoms with Gasteiger partial charge >= 0.3 is 0 Å². The lowest BCUT2D eigenvalue weighted by Gasteiger charge is -2.10. The van der Waals surface area contributed by atoms with E-state index in [4.69, 9.17) is 0 Å². The Morgan fingerprint density at radius 2 is 1.68 bits per heavy atom. The van der Waals surface area contributed by atoms with Gasteiger partial charge in [0.05, 0.1) is 14.6 Å². The second-order valence-corrected chi connectivity index (χ2v) is 5.46. The molecular weight excluding hydrogens is 387 g/mol. The number of nitrogens with one attached hydrogen (secondary N) is 1. The minimum atomic E-state index is -0.701. The molecule has 0 bridgehead atoms. The number of anilines is 1. The van der Waals surface area contributed by atoms with Crippen molar-refractivity contribution in [2.24, 2.45) is 0 Å². The first-order chi connectivity index (χ1) is 8.99. The van der Waals surface area contributed by atoms with Crippen molar-refractivity contribution in [3.8, 4) is 0 Å². The zero-order valence-electron chi connectivity index (χ0n) is 9.48. The summed E-state index contributed by atoms with van der Waals surface area (Å²) >= 11 is 6.10. The van der Waals surface area contributed by atoms with E-state index in [1.54, 1.807) is 12.1 Å². The van der Waals surface area contributed by atoms with Gasteiger partial charge in [0.1, 0.15) is 17.5 Å². The summed E-state index contributed by atoms with van der Waals surface area (Å²) in [6, 6.07) is 6.68. The molecule has 0 radical (unpaired) electrons. The molecule has 0 amide bonds. The standard InChI is InChI=1S/C13H8Br2F3N/c14-8-4-12(11(18)5-10(8)17)19-6-7-2-1-3-9(16)13(7)15/h1-5,19H,6H2. The van der Waals surface area contributed by atoms with Gasteiger partial charge in [-0.1, -0.05) is 12.1 Å². The largest absolute Gasteiger partial charge is 0.379 e. The van der Waals surface area contributed by atoms with Crippen LogP contribution in [-0.4, -0.2) is 0 Å². The second-order valence-electron chi connectivity index (χ2n) is 3.81. The Balaban J connectivity index is 2.19. The van der Waals surface area contributed by atoms with E-state index in [-0.39, 0.29) is 22.5 Å². The van der Waals surface area contributed by atoms with Crippen LogP contribution < -0.4 is 5.32 Å². The van der Waals surface area contributed by atoms with E-state index in [9.17, 15) is 13.2 Å². The maximum atomic E-state index is 13.5. The molecule has 0 saturated carbocycles. The first-order valence-corrected chi connectivity index (χ1v) is 6.89. The Morgan fingerprint density at radius 3 is 2.42 bits per heavy atom. The van der Waals surface area contributed by atoms with Gasteiger partial charge in [-0.05, 0) is 49.6 Å². The Labute approximate surface area is 125 Å². The number of hydrogen-bond donors (Lipinski definition) is 1. The molecule has 0 spiro atoms. The number of halogens is 5. The highest BCUT2D eigenvalue weighted by Gasteiger charge is 2.09. The van der Waals surface area contributed by atoms with Crippen LogP contribution in [0.25, 0.3) is 0 Å². The van der Waals surface area contributed by atoms with Gasteiger partial charge in [0.25, 0.3) is 0 Å². The van der Waals surface area contributed by atoms with Gasteiger partial charge in [0, 0.05) is 12.6 Å². The normalized spacial score (nSPS) is 10.6. The van der Waals surface area contributed by atoms with Crippen LogP contribution in [0, 0.1) is 17.5 Å². The third-order valence-corrected chi connectivity index (χ3v) is 4.01. The molecule has 0 aliphatic heterocycles. The molecule has 0 atom stereocenters. The fourth-order valence-corrected chi connectivity index (χ4v) is 2.28. The van der Waals surface area contributed by atoms with Crippen LogP contribution in [-0.2, 0) is 6.54 Å². The van der Waals surface area contributed by atoms with Crippen molar-refractivity contribution in [1.29, 1.82) is 0 Å². The first-order valence-electron chi connectivity index (χ1n) is 5.30. The third kappa shape index (κ3) is 3.30. The molecule has 19 heavy (non-hydrogen) atoms. The SMILES string of the molecule is Fc1cc(F)c(NCc2cccc(F)c2Br)cc1Br. The van der Waals surface area contributed by atoms with Gasteiger partial charge in [-0.2, -0.15) is 0 Å². The fourth-order valence-electron chi connectivity index (χ4n) is 1.53. The maximum Gasteiger partial charge on any atom is 0.149 e. The molecule has 1 nitrogen and oxygen atoms in total. The van der Waals surface area contributed by atoms with E-state index in [2.05, 4.69) is 37.2 Å². The molecular formula is C13H8Br2F3N. The predicted molar refractivity (Wildman–Crippen MR) is 75.5 cm³/mol. The van der Waals surface area contributed by atoms with Crippen LogP contribution in [0.15, 0.2) is 39.3 Å². The molecule has 0 unspecified atom stereocenters. The van der Waals surface area contributed by atoms with Crippen molar-refractivity contribution >= 4 is 37.5 Å². The van der Waals surface area contributed by atoms with E-state index in [0.717, 1.165) is 6.07 Å². The van der Waals surface area contributed by atoms with Gasteiger partial charge in [-0.15, -0.1) is 0 Å². The maximum absolute atomic E-state index is 13.5. The van der Waals surface area contributed by atoms with Crippen molar-refractivity contribution in [2.45, 2.75) is 6.54 Å². The molecule has 6 heteroatoms. The Morgan fingerprint density at radius 1 is 0.947 bits per heavy atom. The molecule has 1 N–H and O–H groups in total. The van der Waals surface area contributed by atoms with Crippen LogP contribution in [0.2, 0.25) is 0 Å². The van der Waals surface area contributed by atoms with E-state index >= 15 is 0 Å². The third-order valence-electron chi connectivity index (χ3n) is 2.51. The summed E-state index contributed by atoms with van der Waals surface area (Å²) in [4.78, 5) is 0. The average molecular weight is 395 g/mol. The van der Waals surface area contributed by atoms with Crippen LogP contribution in [0.3, 0.4) is 0 Å². The zero-order valence-corrected chi connectivity index (χ0v) is 12.7. The first kappa shape index (κ1) is 14.4. The van der Waals surface area contributed by atoms with Gasteiger partial charge in [-0.25, -0.2) is 13.2 Å². The van der Waals surface area contributed by atoms with Crippen molar-refractivity contribution in [3.63, 3.8) is 0 Å². The molecule has 0 aromatic heterocycles. The lowest BCUT2D eigenvalue weighted by Crippen LogP contribution is -2.03. The van der Waals surface area contributed by atoms with Gasteiger partial charge < -0.3 is 5.32 Å². The van der Waals surface area contributed by atoms with Crippen LogP contribution in [0.4, 0.5) is 18.9 Å². The topological polar surface area (TPSA) is 12.0 Å². The minimum Gasteiger partial charge on any atom is -0.379 e. The molecule has 0 saturated heterocycles. The van der Waals surface area contributed by atoms with Crippen molar-refractivity contribution in [2.75, 3.05) is 5.32 Å². The monoisotopic (exact) mass is 393 g/mol. The Bertz CT molecular complexity index is 617. The van der Waals surface area contributed by atoms with Gasteiger partial charge in [0.15, 0.2) is 0 Å². The van der Waals surface area contributed by atoms with E-state index in [0.29, 0.717) is 10.0 Å². The lowest BCUT2D eigenvalue weighted by atomic mass is 10.2. The highest BCUT2D eigenvalue weighted by atomic mass is 79.9. The predicted octanol–water partition coefficient (Wildman–Crippen LogP) is 5.24. The van der Waals surface area contributed by atoms with Crippen LogP contribution in [0.5, 0.6) is 0 Å². The minimum absolute atomic E-state index is 0.143. The summed E-state index contributed by atoms with van der Waals surface area (Å²) in [5.41, 5.74) is 0.782. The Hall–Kier alpha value is -1.01. The van der Waals surface area contributed by atoms with Crippen molar-refractivity contribution in [3.05, 3.63) is 62.3 Å². The second kappa shape index (κ2) is 5.96. The van der Waals surface area contributed by atoms with Crippen molar-refractivity contribution < 1.29 is 13.2 Å². The zero-order chi connectivity index (χ0) is 14.0. The average Bonchev–Trinajstić information content (AvgIpc) is 2.37. The van der Waals surface area contributed by atoms with Gasteiger partial charge in [0.2, 0.25) is 0 Å². The van der Waals surface area contributed by atoms with E-state index in [1.807, 2.05) is 0 Å². The van der Waals surface area contributed by atoms with E-state index in [1.165, 1.54) is 12.1 Å². The summed E-state index contributed by atoms with van der Waals surface area (Å²) in [6.07, 6.45) is 0. The quantitative estimate of drug-likeness (QED) is 0.702. The molecule has 0 heterocycles. The summed E-state index contributed by atoms with van der Waals surface area (Å²) in [5.74, 6) is -1.76. The molecule has 2 rings (SSSR count). The van der Waals surface area contributed by atoms with Gasteiger partial charge in [-0.3, -0.25) is 0 Å². The van der Waals surface area contributed by atoms with E-state index < -0.39 is 11.6 Å². The summed E-state index contributed by atoms with van der Waals surface area (Å²) in [5, 5.41) is 2.80. The Kier molecular flexibility index (Phi) is 4.52. The summed E-state index contributed by atoms with van der Waals surface area (Å²) in [7, 11) is 0. The van der Waals surface area contributed by atoms with Crippen molar-refractivity contribution in [1.82, 2.24) is 0 Å². The molecule has 100 valence electrons. The number of hydrogen-bond acceptors (Lipinski definition) is 1. The smallest absolute Gasteiger partial charge is 0.149 e. The summed E-state index contributed by atoms with van der Waals surface area (Å²) < 4.78 is 40.4. The van der Waals surface area contributed by atoms with Crippen LogP contribution >= 0.6 is 31.9 Å². The lowest BCUT2D eigenvalue weighted by molar-refractivity contribution is 0.580. The highest BCUT2D eigenvalue weighted by molar-refractivity contribution is 9.10. The fraction of sp³-hybridized carbons (Fsp3) is 0.0769. The molecule has 0 aliphatic rings.